The molecule has 3 nitrogen and oxygen atoms in total. The van der Waals surface area contributed by atoms with Gasteiger partial charge in [-0.15, -0.1) is 11.3 Å². The van der Waals surface area contributed by atoms with E-state index in [4.69, 9.17) is 4.74 Å². The number of aromatic nitrogens is 1. The zero-order valence-electron chi connectivity index (χ0n) is 10.9. The number of aryl methyl sites for hydroxylation is 1. The van der Waals surface area contributed by atoms with Crippen molar-refractivity contribution in [2.24, 2.45) is 0 Å². The van der Waals surface area contributed by atoms with E-state index in [0.29, 0.717) is 6.61 Å². The first-order valence-electron chi connectivity index (χ1n) is 6.10. The van der Waals surface area contributed by atoms with Crippen molar-refractivity contribution in [1.29, 1.82) is 0 Å². The molecule has 0 radical (unpaired) electrons. The Morgan fingerprint density at radius 3 is 2.61 bits per heavy atom. The fourth-order valence-corrected chi connectivity index (χ4v) is 2.67. The minimum Gasteiger partial charge on any atom is -0.494 e. The van der Waals surface area contributed by atoms with Gasteiger partial charge in [-0.3, -0.25) is 0 Å². The van der Waals surface area contributed by atoms with Gasteiger partial charge in [-0.05, 0) is 45.0 Å². The number of thiazole rings is 1. The van der Waals surface area contributed by atoms with Crippen LogP contribution in [0.3, 0.4) is 0 Å². The molecular weight excluding hydrogens is 244 g/mol. The smallest absolute Gasteiger partial charge is 0.119 e. The number of hydrogen-bond acceptors (Lipinski definition) is 4. The van der Waals surface area contributed by atoms with Gasteiger partial charge in [0.25, 0.3) is 0 Å². The Morgan fingerprint density at radius 2 is 2.06 bits per heavy atom. The Bertz CT molecular complexity index is 493. The van der Waals surface area contributed by atoms with Gasteiger partial charge in [-0.1, -0.05) is 0 Å². The minimum absolute atomic E-state index is 0.274. The normalized spacial score (nSPS) is 12.2. The molecule has 1 atom stereocenters. The second-order valence-electron chi connectivity index (χ2n) is 4.13. The second-order valence-corrected chi connectivity index (χ2v) is 5.01. The highest BCUT2D eigenvalue weighted by Crippen LogP contribution is 2.26. The Morgan fingerprint density at radius 1 is 1.33 bits per heavy atom. The van der Waals surface area contributed by atoms with Gasteiger partial charge in [0.05, 0.1) is 23.9 Å². The molecule has 96 valence electrons. The summed E-state index contributed by atoms with van der Waals surface area (Å²) in [5.74, 6) is 0.907. The fourth-order valence-electron chi connectivity index (χ4n) is 1.86. The molecule has 0 amide bonds. The third-order valence-corrected chi connectivity index (χ3v) is 3.84. The van der Waals surface area contributed by atoms with Crippen LogP contribution in [0.25, 0.3) is 0 Å². The maximum absolute atomic E-state index is 5.42. The predicted molar refractivity (Wildman–Crippen MR) is 76.5 cm³/mol. The van der Waals surface area contributed by atoms with Gasteiger partial charge in [-0.2, -0.15) is 0 Å². The number of nitrogens with zero attached hydrogens (tertiary/aromatic N) is 1. The van der Waals surface area contributed by atoms with Gasteiger partial charge in [0.2, 0.25) is 0 Å². The van der Waals surface area contributed by atoms with Crippen LogP contribution in [0.1, 0.15) is 30.5 Å². The van der Waals surface area contributed by atoms with Gasteiger partial charge in [0.1, 0.15) is 5.75 Å². The first-order valence-corrected chi connectivity index (χ1v) is 6.98. The summed E-state index contributed by atoms with van der Waals surface area (Å²) in [5.41, 5.74) is 4.09. The highest BCUT2D eigenvalue weighted by atomic mass is 32.1. The third kappa shape index (κ3) is 3.01. The van der Waals surface area contributed by atoms with Crippen LogP contribution in [0.4, 0.5) is 5.69 Å². The van der Waals surface area contributed by atoms with E-state index in [1.54, 1.807) is 11.3 Å². The molecule has 0 fully saturated rings. The molecule has 0 bridgehead atoms. The van der Waals surface area contributed by atoms with E-state index >= 15 is 0 Å². The summed E-state index contributed by atoms with van der Waals surface area (Å²) in [7, 11) is 0. The van der Waals surface area contributed by atoms with Crippen LogP contribution in [0.2, 0.25) is 0 Å². The molecule has 18 heavy (non-hydrogen) atoms. The van der Waals surface area contributed by atoms with Crippen LogP contribution < -0.4 is 10.1 Å². The van der Waals surface area contributed by atoms with Crippen LogP contribution in [-0.2, 0) is 0 Å². The molecule has 2 rings (SSSR count). The van der Waals surface area contributed by atoms with Crippen molar-refractivity contribution < 1.29 is 4.74 Å². The van der Waals surface area contributed by atoms with E-state index in [2.05, 4.69) is 17.2 Å². The van der Waals surface area contributed by atoms with Crippen molar-refractivity contribution in [3.05, 3.63) is 40.3 Å². The molecular formula is C14H18N2OS. The lowest BCUT2D eigenvalue weighted by molar-refractivity contribution is 0.340. The molecule has 0 aliphatic carbocycles. The fraction of sp³-hybridized carbons (Fsp3) is 0.357. The van der Waals surface area contributed by atoms with Gasteiger partial charge >= 0.3 is 0 Å². The van der Waals surface area contributed by atoms with E-state index in [-0.39, 0.29) is 6.04 Å². The van der Waals surface area contributed by atoms with Crippen molar-refractivity contribution in [1.82, 2.24) is 4.98 Å². The molecule has 0 aliphatic rings. The summed E-state index contributed by atoms with van der Waals surface area (Å²) >= 11 is 1.69. The van der Waals surface area contributed by atoms with Crippen LogP contribution in [0.5, 0.6) is 5.75 Å². The first-order chi connectivity index (χ1) is 8.70. The largest absolute Gasteiger partial charge is 0.494 e. The summed E-state index contributed by atoms with van der Waals surface area (Å²) in [6.07, 6.45) is 0. The van der Waals surface area contributed by atoms with E-state index in [1.807, 2.05) is 43.6 Å². The molecule has 0 spiro atoms. The van der Waals surface area contributed by atoms with E-state index in [0.717, 1.165) is 17.1 Å². The van der Waals surface area contributed by atoms with Gasteiger partial charge in [0, 0.05) is 10.6 Å². The van der Waals surface area contributed by atoms with E-state index < -0.39 is 0 Å². The monoisotopic (exact) mass is 262 g/mol. The molecule has 0 aliphatic heterocycles. The van der Waals surface area contributed by atoms with Crippen molar-refractivity contribution in [3.63, 3.8) is 0 Å². The van der Waals surface area contributed by atoms with Crippen molar-refractivity contribution in [3.8, 4) is 5.75 Å². The number of benzene rings is 1. The van der Waals surface area contributed by atoms with E-state index in [9.17, 15) is 0 Å². The summed E-state index contributed by atoms with van der Waals surface area (Å²) in [6.45, 7) is 6.88. The average molecular weight is 262 g/mol. The highest BCUT2D eigenvalue weighted by molar-refractivity contribution is 7.09. The van der Waals surface area contributed by atoms with Crippen LogP contribution >= 0.6 is 11.3 Å². The Hall–Kier alpha value is -1.55. The van der Waals surface area contributed by atoms with Crippen LogP contribution in [0.15, 0.2) is 29.8 Å². The van der Waals surface area contributed by atoms with Crippen molar-refractivity contribution in [2.75, 3.05) is 11.9 Å². The zero-order chi connectivity index (χ0) is 13.0. The topological polar surface area (TPSA) is 34.1 Å². The summed E-state index contributed by atoms with van der Waals surface area (Å²) in [6, 6.07) is 8.32. The summed E-state index contributed by atoms with van der Waals surface area (Å²) in [5, 5.41) is 3.47. The maximum atomic E-state index is 5.42. The molecule has 1 aromatic carbocycles. The van der Waals surface area contributed by atoms with Crippen molar-refractivity contribution in [2.45, 2.75) is 26.8 Å². The van der Waals surface area contributed by atoms with Crippen LogP contribution in [-0.4, -0.2) is 11.6 Å². The Balaban J connectivity index is 2.03. The quantitative estimate of drug-likeness (QED) is 0.883. The molecule has 1 unspecified atom stereocenters. The second kappa shape index (κ2) is 5.87. The molecule has 0 saturated heterocycles. The lowest BCUT2D eigenvalue weighted by atomic mass is 10.2. The highest BCUT2D eigenvalue weighted by Gasteiger charge is 2.10. The van der Waals surface area contributed by atoms with Crippen LogP contribution in [0, 0.1) is 6.92 Å². The number of ether oxygens (including phenoxy) is 1. The molecule has 0 saturated carbocycles. The van der Waals surface area contributed by atoms with E-state index in [1.165, 1.54) is 4.88 Å². The molecule has 1 N–H and O–H groups in total. The average Bonchev–Trinajstić information content (AvgIpc) is 2.78. The molecule has 2 aromatic rings. The summed E-state index contributed by atoms with van der Waals surface area (Å²) < 4.78 is 5.42. The van der Waals surface area contributed by atoms with Gasteiger partial charge in [0.15, 0.2) is 0 Å². The SMILES string of the molecule is CCOc1ccc(NC(C)c2scnc2C)cc1. The molecule has 4 heteroatoms. The lowest BCUT2D eigenvalue weighted by Gasteiger charge is -2.14. The Kier molecular flexibility index (Phi) is 4.20. The number of anilines is 1. The number of rotatable bonds is 5. The third-order valence-electron chi connectivity index (χ3n) is 2.72. The zero-order valence-corrected chi connectivity index (χ0v) is 11.8. The predicted octanol–water partition coefficient (Wildman–Crippen LogP) is 4.02. The molecule has 1 heterocycles. The Labute approximate surface area is 112 Å². The minimum atomic E-state index is 0.274. The number of nitrogens with one attached hydrogen (secondary N) is 1. The first kappa shape index (κ1) is 12.9. The molecule has 1 aromatic heterocycles. The lowest BCUT2D eigenvalue weighted by Crippen LogP contribution is -2.06. The standard InChI is InChI=1S/C14H18N2OS/c1-4-17-13-7-5-12(6-8-13)16-11(3)14-10(2)15-9-18-14/h5-9,11,16H,4H2,1-3H3. The summed E-state index contributed by atoms with van der Waals surface area (Å²) in [4.78, 5) is 5.56. The maximum Gasteiger partial charge on any atom is 0.119 e. The van der Waals surface area contributed by atoms with Crippen molar-refractivity contribution >= 4 is 17.0 Å². The number of hydrogen-bond donors (Lipinski definition) is 1. The van der Waals surface area contributed by atoms with Gasteiger partial charge in [-0.25, -0.2) is 4.98 Å². The van der Waals surface area contributed by atoms with Gasteiger partial charge < -0.3 is 10.1 Å².